The van der Waals surface area contributed by atoms with Crippen molar-refractivity contribution < 1.29 is 18.5 Å². The minimum absolute atomic E-state index is 0.103. The zero-order chi connectivity index (χ0) is 17.4. The molecule has 0 fully saturated rings. The number of esters is 1. The third-order valence-electron chi connectivity index (χ3n) is 3.00. The van der Waals surface area contributed by atoms with E-state index in [1.807, 2.05) is 30.3 Å². The maximum absolute atomic E-state index is 11.9. The molecule has 24 heavy (non-hydrogen) atoms. The van der Waals surface area contributed by atoms with E-state index in [2.05, 4.69) is 10.1 Å². The van der Waals surface area contributed by atoms with E-state index in [1.165, 1.54) is 25.3 Å². The molecule has 0 aliphatic rings. The number of methoxy groups -OCH3 is 1. The quantitative estimate of drug-likeness (QED) is 0.457. The van der Waals surface area contributed by atoms with Crippen molar-refractivity contribution in [2.75, 3.05) is 18.2 Å². The monoisotopic (exact) mass is 365 g/mol. The molecule has 0 heterocycles. The molecule has 2 aromatic carbocycles. The van der Waals surface area contributed by atoms with Gasteiger partial charge in [-0.25, -0.2) is 4.79 Å². The number of halogens is 1. The Labute approximate surface area is 149 Å². The van der Waals surface area contributed by atoms with Gasteiger partial charge in [0.15, 0.2) is 0 Å². The maximum atomic E-state index is 11.9. The third kappa shape index (κ3) is 5.56. The summed E-state index contributed by atoms with van der Waals surface area (Å²) in [5.74, 6) is -0.675. The lowest BCUT2D eigenvalue weighted by atomic mass is 10.2. The summed E-state index contributed by atoms with van der Waals surface area (Å²) >= 11 is 7.07. The molecule has 0 aromatic heterocycles. The van der Waals surface area contributed by atoms with Crippen molar-refractivity contribution in [3.63, 3.8) is 0 Å². The number of amides is 1. The summed E-state index contributed by atoms with van der Waals surface area (Å²) in [7, 11) is 1.29. The van der Waals surface area contributed by atoms with Gasteiger partial charge in [0.1, 0.15) is 0 Å². The van der Waals surface area contributed by atoms with Crippen molar-refractivity contribution in [2.24, 2.45) is 0 Å². The predicted molar refractivity (Wildman–Crippen MR) is 95.1 cm³/mol. The van der Waals surface area contributed by atoms with Crippen LogP contribution in [-0.2, 0) is 20.3 Å². The number of rotatable bonds is 7. The largest absolute Gasteiger partial charge is 0.465 e. The van der Waals surface area contributed by atoms with Gasteiger partial charge in [-0.05, 0) is 23.8 Å². The van der Waals surface area contributed by atoms with E-state index in [0.29, 0.717) is 22.9 Å². The van der Waals surface area contributed by atoms with Crippen molar-refractivity contribution >= 4 is 41.2 Å². The van der Waals surface area contributed by atoms with E-state index in [4.69, 9.17) is 15.8 Å². The first-order valence-electron chi connectivity index (χ1n) is 7.06. The Morgan fingerprint density at radius 3 is 2.62 bits per heavy atom. The highest BCUT2D eigenvalue weighted by Gasteiger charge is 2.11. The van der Waals surface area contributed by atoms with Gasteiger partial charge in [-0.2, -0.15) is 0 Å². The number of ether oxygens (including phenoxy) is 1. The lowest BCUT2D eigenvalue weighted by Gasteiger charge is -2.09. The van der Waals surface area contributed by atoms with Gasteiger partial charge < -0.3 is 14.2 Å². The summed E-state index contributed by atoms with van der Waals surface area (Å²) in [5.41, 5.74) is 1.69. The molecule has 0 aliphatic heterocycles. The summed E-state index contributed by atoms with van der Waals surface area (Å²) in [5, 5.41) is 2.99. The molecule has 0 aliphatic carbocycles. The maximum Gasteiger partial charge on any atom is 0.337 e. The van der Waals surface area contributed by atoms with Crippen molar-refractivity contribution in [1.82, 2.24) is 0 Å². The molecule has 0 radical (unpaired) electrons. The van der Waals surface area contributed by atoms with Crippen LogP contribution >= 0.6 is 23.6 Å². The molecule has 2 aromatic rings. The van der Waals surface area contributed by atoms with E-state index in [-0.39, 0.29) is 11.7 Å². The smallest absolute Gasteiger partial charge is 0.337 e. The first kappa shape index (κ1) is 18.3. The lowest BCUT2D eigenvalue weighted by molar-refractivity contribution is -0.113. The summed E-state index contributed by atoms with van der Waals surface area (Å²) in [6.07, 6.45) is 0. The fourth-order valence-corrected chi connectivity index (χ4v) is 2.48. The van der Waals surface area contributed by atoms with Crippen molar-refractivity contribution in [3.05, 3.63) is 64.7 Å². The number of hydrogen-bond acceptors (Lipinski definition) is 5. The van der Waals surface area contributed by atoms with Gasteiger partial charge in [-0.1, -0.05) is 41.9 Å². The first-order valence-corrected chi connectivity index (χ1v) is 8.35. The molecule has 0 atom stereocenters. The molecule has 1 N–H and O–H groups in total. The molecule has 7 heteroatoms. The molecule has 0 spiro atoms. The van der Waals surface area contributed by atoms with Crippen LogP contribution in [0.3, 0.4) is 0 Å². The van der Waals surface area contributed by atoms with Crippen molar-refractivity contribution in [2.45, 2.75) is 6.61 Å². The fourth-order valence-electron chi connectivity index (χ4n) is 1.83. The zero-order valence-electron chi connectivity index (χ0n) is 13.0. The number of carbonyl (C=O) groups is 2. The van der Waals surface area contributed by atoms with Gasteiger partial charge in [0, 0.05) is 12.0 Å². The van der Waals surface area contributed by atoms with E-state index in [0.717, 1.165) is 17.6 Å². The number of hydrogen-bond donors (Lipinski definition) is 1. The second-order valence-corrected chi connectivity index (χ2v) is 5.91. The first-order chi connectivity index (χ1) is 11.6. The topological polar surface area (TPSA) is 64.6 Å². The average molecular weight is 366 g/mol. The second kappa shape index (κ2) is 9.32. The highest BCUT2D eigenvalue weighted by molar-refractivity contribution is 7.95. The van der Waals surface area contributed by atoms with Crippen LogP contribution in [-0.4, -0.2) is 24.7 Å². The Morgan fingerprint density at radius 2 is 1.92 bits per heavy atom. The molecular formula is C17H16ClNO4S. The number of benzene rings is 2. The van der Waals surface area contributed by atoms with Gasteiger partial charge in [-0.3, -0.25) is 4.79 Å². The fraction of sp³-hybridized carbons (Fsp3) is 0.176. The number of carbonyl (C=O) groups excluding carboxylic acids is 2. The average Bonchev–Trinajstić information content (AvgIpc) is 2.61. The Balaban J connectivity index is 1.82. The Bertz CT molecular complexity index is 709. The van der Waals surface area contributed by atoms with Crippen LogP contribution < -0.4 is 5.32 Å². The van der Waals surface area contributed by atoms with Gasteiger partial charge in [0.25, 0.3) is 0 Å². The molecule has 126 valence electrons. The predicted octanol–water partition coefficient (Wildman–Crippen LogP) is 3.93. The van der Waals surface area contributed by atoms with Crippen LogP contribution in [0.4, 0.5) is 5.69 Å². The van der Waals surface area contributed by atoms with Crippen molar-refractivity contribution in [3.8, 4) is 0 Å². The highest BCUT2D eigenvalue weighted by Crippen LogP contribution is 2.23. The zero-order valence-corrected chi connectivity index (χ0v) is 14.5. The minimum atomic E-state index is -0.497. The van der Waals surface area contributed by atoms with Gasteiger partial charge in [-0.15, -0.1) is 0 Å². The molecule has 1 amide bonds. The molecule has 0 saturated heterocycles. The van der Waals surface area contributed by atoms with Gasteiger partial charge >= 0.3 is 5.97 Å². The van der Waals surface area contributed by atoms with Crippen LogP contribution in [0.1, 0.15) is 15.9 Å². The van der Waals surface area contributed by atoms with E-state index in [1.54, 1.807) is 0 Å². The molecule has 2 rings (SSSR count). The Kier molecular flexibility index (Phi) is 7.11. The Morgan fingerprint density at radius 1 is 1.17 bits per heavy atom. The van der Waals surface area contributed by atoms with E-state index < -0.39 is 5.97 Å². The minimum Gasteiger partial charge on any atom is -0.465 e. The summed E-state index contributed by atoms with van der Waals surface area (Å²) in [6, 6.07) is 14.2. The van der Waals surface area contributed by atoms with E-state index >= 15 is 0 Å². The van der Waals surface area contributed by atoms with Crippen LogP contribution in [0.2, 0.25) is 5.02 Å². The number of anilines is 1. The van der Waals surface area contributed by atoms with Gasteiger partial charge in [0.2, 0.25) is 5.91 Å². The standard InChI is InChI=1S/C17H16ClNO4S/c1-22-17(21)13-7-8-14(18)15(9-13)19-16(20)11-24-23-10-12-5-3-2-4-6-12/h2-9H,10-11H2,1H3,(H,19,20). The Hall–Kier alpha value is -2.02. The normalized spacial score (nSPS) is 10.2. The number of nitrogens with one attached hydrogen (secondary N) is 1. The summed E-state index contributed by atoms with van der Waals surface area (Å²) in [4.78, 5) is 23.4. The van der Waals surface area contributed by atoms with Gasteiger partial charge in [0.05, 0.1) is 35.7 Å². The summed E-state index contributed by atoms with van der Waals surface area (Å²) in [6.45, 7) is 0.414. The SMILES string of the molecule is COC(=O)c1ccc(Cl)c(NC(=O)CSOCc2ccccc2)c1. The lowest BCUT2D eigenvalue weighted by Crippen LogP contribution is -2.15. The molecule has 5 nitrogen and oxygen atoms in total. The second-order valence-electron chi connectivity index (χ2n) is 4.74. The van der Waals surface area contributed by atoms with Crippen LogP contribution in [0, 0.1) is 0 Å². The van der Waals surface area contributed by atoms with Crippen LogP contribution in [0.25, 0.3) is 0 Å². The van der Waals surface area contributed by atoms with E-state index in [9.17, 15) is 9.59 Å². The molecular weight excluding hydrogens is 350 g/mol. The molecule has 0 unspecified atom stereocenters. The molecule has 0 bridgehead atoms. The van der Waals surface area contributed by atoms with Crippen molar-refractivity contribution in [1.29, 1.82) is 0 Å². The summed E-state index contributed by atoms with van der Waals surface area (Å²) < 4.78 is 10.0. The molecule has 0 saturated carbocycles. The highest BCUT2D eigenvalue weighted by atomic mass is 35.5. The van der Waals surface area contributed by atoms with Crippen LogP contribution in [0.15, 0.2) is 48.5 Å². The van der Waals surface area contributed by atoms with Crippen LogP contribution in [0.5, 0.6) is 0 Å². The third-order valence-corrected chi connectivity index (χ3v) is 4.00.